The quantitative estimate of drug-likeness (QED) is 0.562. The van der Waals surface area contributed by atoms with Gasteiger partial charge in [0.1, 0.15) is 17.3 Å². The van der Waals surface area contributed by atoms with E-state index < -0.39 is 0 Å². The average Bonchev–Trinajstić information content (AvgIpc) is 3.45. The van der Waals surface area contributed by atoms with Crippen molar-refractivity contribution in [2.45, 2.75) is 38.9 Å². The fraction of sp³-hybridized carbons (Fsp3) is 0.286. The summed E-state index contributed by atoms with van der Waals surface area (Å²) in [4.78, 5) is 22.4. The molecule has 1 aromatic heterocycles. The van der Waals surface area contributed by atoms with Crippen molar-refractivity contribution in [1.82, 2.24) is 19.1 Å². The van der Waals surface area contributed by atoms with Crippen molar-refractivity contribution in [2.24, 2.45) is 0 Å². The lowest BCUT2D eigenvalue weighted by Gasteiger charge is -2.13. The van der Waals surface area contributed by atoms with Crippen molar-refractivity contribution >= 4 is 5.82 Å². The first kappa shape index (κ1) is 17.7. The van der Waals surface area contributed by atoms with Gasteiger partial charge in [-0.05, 0) is 42.7 Å². The Balaban J connectivity index is 1.56. The Morgan fingerprint density at radius 2 is 2.07 bits per heavy atom. The van der Waals surface area contributed by atoms with E-state index in [0.717, 1.165) is 12.0 Å². The maximum atomic E-state index is 13.2. The Hall–Kier alpha value is -3.42. The van der Waals surface area contributed by atoms with Crippen LogP contribution in [-0.2, 0) is 19.5 Å². The van der Waals surface area contributed by atoms with E-state index >= 15 is 0 Å². The van der Waals surface area contributed by atoms with E-state index in [1.54, 1.807) is 39.7 Å². The lowest BCUT2D eigenvalue weighted by molar-refractivity contribution is 0.559. The van der Waals surface area contributed by atoms with Gasteiger partial charge in [-0.3, -0.25) is 9.13 Å². The van der Waals surface area contributed by atoms with E-state index in [-0.39, 0.29) is 17.5 Å². The molecule has 29 heavy (non-hydrogen) atoms. The second kappa shape index (κ2) is 6.88. The zero-order valence-electron chi connectivity index (χ0n) is 15.9. The third kappa shape index (κ3) is 3.00. The molecule has 3 aliphatic heterocycles. The highest BCUT2D eigenvalue weighted by molar-refractivity contribution is 5.73. The molecule has 0 spiro atoms. The van der Waals surface area contributed by atoms with Gasteiger partial charge in [0.25, 0.3) is 0 Å². The van der Waals surface area contributed by atoms with Crippen molar-refractivity contribution < 1.29 is 8.81 Å². The molecule has 1 unspecified atom stereocenters. The number of halogens is 1. The summed E-state index contributed by atoms with van der Waals surface area (Å²) in [5.41, 5.74) is 1.56. The summed E-state index contributed by atoms with van der Waals surface area (Å²) in [6.07, 6.45) is 3.06. The van der Waals surface area contributed by atoms with E-state index in [1.807, 2.05) is 6.92 Å². The third-order valence-electron chi connectivity index (χ3n) is 5.18. The molecule has 2 aromatic rings. The molecule has 8 heteroatoms. The zero-order chi connectivity index (χ0) is 20.0. The van der Waals surface area contributed by atoms with Gasteiger partial charge in [0.15, 0.2) is 17.4 Å². The standard InChI is InChI=1S/C21H20FN5O2/c1-2-9-26-20-17(24-18(25-20)16-4-3-10-29-16)19-23-15(12-27(19)21(26)28)11-13-5-7-14(22)8-6-13/h3-8,10,15,23H,2,9,11-12H2,1H3. The first-order valence-corrected chi connectivity index (χ1v) is 9.70. The summed E-state index contributed by atoms with van der Waals surface area (Å²) in [7, 11) is 0. The molecule has 4 heterocycles. The Morgan fingerprint density at radius 3 is 2.79 bits per heavy atom. The monoisotopic (exact) mass is 393 g/mol. The number of imidazole rings is 1. The van der Waals surface area contributed by atoms with Gasteiger partial charge in [-0.25, -0.2) is 19.2 Å². The minimum absolute atomic E-state index is 0.0117. The molecule has 0 fully saturated rings. The van der Waals surface area contributed by atoms with E-state index in [9.17, 15) is 9.18 Å². The SMILES string of the molecule is CCCn1c2nc(-c3ccco3)nc-2c2n(c1=O)CC(Cc1ccc(F)cc1)N2. The zero-order valence-corrected chi connectivity index (χ0v) is 15.9. The molecule has 1 aromatic carbocycles. The average molecular weight is 393 g/mol. The molecule has 1 N–H and O–H groups in total. The molecule has 0 saturated heterocycles. The summed E-state index contributed by atoms with van der Waals surface area (Å²) in [6, 6.07) is 10.0. The molecular weight excluding hydrogens is 373 g/mol. The van der Waals surface area contributed by atoms with Crippen LogP contribution in [0, 0.1) is 5.82 Å². The van der Waals surface area contributed by atoms with Crippen LogP contribution < -0.4 is 11.0 Å². The summed E-state index contributed by atoms with van der Waals surface area (Å²) in [5.74, 6) is 2.01. The molecule has 3 aliphatic rings. The number of furan rings is 1. The van der Waals surface area contributed by atoms with Crippen LogP contribution >= 0.6 is 0 Å². The van der Waals surface area contributed by atoms with E-state index in [0.29, 0.717) is 48.4 Å². The second-order valence-corrected chi connectivity index (χ2v) is 7.26. The van der Waals surface area contributed by atoms with Crippen molar-refractivity contribution in [3.63, 3.8) is 0 Å². The van der Waals surface area contributed by atoms with Gasteiger partial charge >= 0.3 is 5.69 Å². The fourth-order valence-electron chi connectivity index (χ4n) is 3.88. The topological polar surface area (TPSA) is 77.9 Å². The van der Waals surface area contributed by atoms with Crippen LogP contribution in [0.25, 0.3) is 23.1 Å². The van der Waals surface area contributed by atoms with Crippen LogP contribution in [0.1, 0.15) is 18.9 Å². The molecule has 148 valence electrons. The molecule has 7 nitrogen and oxygen atoms in total. The maximum absolute atomic E-state index is 13.2. The van der Waals surface area contributed by atoms with Gasteiger partial charge in [0.2, 0.25) is 0 Å². The minimum atomic E-state index is -0.257. The smallest absolute Gasteiger partial charge is 0.331 e. The Labute approximate surface area is 166 Å². The minimum Gasteiger partial charge on any atom is -0.461 e. The van der Waals surface area contributed by atoms with Crippen LogP contribution in [0.5, 0.6) is 0 Å². The van der Waals surface area contributed by atoms with Gasteiger partial charge in [0, 0.05) is 19.1 Å². The van der Waals surface area contributed by atoms with Crippen LogP contribution in [0.3, 0.4) is 0 Å². The predicted octanol–water partition coefficient (Wildman–Crippen LogP) is 3.39. The summed E-state index contributed by atoms with van der Waals surface area (Å²) in [5, 5.41) is 3.43. The first-order valence-electron chi connectivity index (χ1n) is 9.70. The van der Waals surface area contributed by atoms with Crippen LogP contribution in [-0.4, -0.2) is 25.1 Å². The van der Waals surface area contributed by atoms with Crippen LogP contribution in [0.2, 0.25) is 0 Å². The van der Waals surface area contributed by atoms with Gasteiger partial charge in [-0.2, -0.15) is 0 Å². The largest absolute Gasteiger partial charge is 0.461 e. The Kier molecular flexibility index (Phi) is 4.19. The fourth-order valence-corrected chi connectivity index (χ4v) is 3.88. The summed E-state index contributed by atoms with van der Waals surface area (Å²) >= 11 is 0. The van der Waals surface area contributed by atoms with Crippen molar-refractivity contribution in [2.75, 3.05) is 5.32 Å². The van der Waals surface area contributed by atoms with E-state index in [2.05, 4.69) is 15.3 Å². The number of aromatic nitrogens is 4. The molecule has 0 aliphatic carbocycles. The lowest BCUT2D eigenvalue weighted by atomic mass is 10.1. The Morgan fingerprint density at radius 1 is 1.24 bits per heavy atom. The van der Waals surface area contributed by atoms with Crippen LogP contribution in [0.15, 0.2) is 51.9 Å². The van der Waals surface area contributed by atoms with Crippen molar-refractivity contribution in [3.8, 4) is 23.1 Å². The second-order valence-electron chi connectivity index (χ2n) is 7.26. The van der Waals surface area contributed by atoms with Gasteiger partial charge in [-0.1, -0.05) is 19.1 Å². The number of nitrogens with one attached hydrogen (secondary N) is 1. The molecular formula is C21H20FN5O2. The van der Waals surface area contributed by atoms with Gasteiger partial charge in [-0.15, -0.1) is 0 Å². The number of anilines is 1. The van der Waals surface area contributed by atoms with Crippen molar-refractivity contribution in [3.05, 3.63) is 64.5 Å². The summed E-state index contributed by atoms with van der Waals surface area (Å²) < 4.78 is 22.0. The molecule has 0 radical (unpaired) electrons. The predicted molar refractivity (Wildman–Crippen MR) is 106 cm³/mol. The molecule has 0 amide bonds. The number of fused-ring (bicyclic) bond motifs is 3. The first-order chi connectivity index (χ1) is 14.1. The maximum Gasteiger partial charge on any atom is 0.331 e. The van der Waals surface area contributed by atoms with E-state index in [1.165, 1.54) is 12.1 Å². The highest BCUT2D eigenvalue weighted by Crippen LogP contribution is 2.33. The van der Waals surface area contributed by atoms with E-state index in [4.69, 9.17) is 4.42 Å². The number of rotatable bonds is 5. The molecule has 0 bridgehead atoms. The highest BCUT2D eigenvalue weighted by atomic mass is 19.1. The van der Waals surface area contributed by atoms with Crippen molar-refractivity contribution in [1.29, 1.82) is 0 Å². The molecule has 5 rings (SSSR count). The number of nitrogens with zero attached hydrogens (tertiary/aromatic N) is 4. The molecule has 0 saturated carbocycles. The third-order valence-corrected chi connectivity index (χ3v) is 5.18. The van der Waals surface area contributed by atoms with Gasteiger partial charge < -0.3 is 9.73 Å². The highest BCUT2D eigenvalue weighted by Gasteiger charge is 2.32. The van der Waals surface area contributed by atoms with Gasteiger partial charge in [0.05, 0.1) is 6.26 Å². The number of hydrogen-bond acceptors (Lipinski definition) is 5. The number of benzene rings is 1. The molecule has 1 atom stereocenters. The lowest BCUT2D eigenvalue weighted by Crippen LogP contribution is -2.32. The normalized spacial score (nSPS) is 15.6. The van der Waals surface area contributed by atoms with Crippen LogP contribution in [0.4, 0.5) is 10.2 Å². The number of hydrogen-bond donors (Lipinski definition) is 1. The Bertz CT molecular complexity index is 1180. The summed E-state index contributed by atoms with van der Waals surface area (Å²) in [6.45, 7) is 3.11.